The summed E-state index contributed by atoms with van der Waals surface area (Å²) in [6.45, 7) is 0.0629. The lowest BCUT2D eigenvalue weighted by Gasteiger charge is -2.15. The van der Waals surface area contributed by atoms with Gasteiger partial charge in [-0.3, -0.25) is 4.79 Å². The molecule has 0 aliphatic heterocycles. The van der Waals surface area contributed by atoms with Crippen molar-refractivity contribution >= 4 is 16.8 Å². The molecule has 0 atom stereocenters. The van der Waals surface area contributed by atoms with Crippen molar-refractivity contribution in [3.63, 3.8) is 0 Å². The summed E-state index contributed by atoms with van der Waals surface area (Å²) in [7, 11) is 1.58. The van der Waals surface area contributed by atoms with Crippen LogP contribution in [0.3, 0.4) is 0 Å². The maximum absolute atomic E-state index is 14.2. The molecule has 1 heterocycles. The average Bonchev–Trinajstić information content (AvgIpc) is 2.99. The topological polar surface area (TPSA) is 56.3 Å². The molecule has 7 heteroatoms. The normalized spacial score (nSPS) is 11.1. The molecule has 0 spiro atoms. The molecular weight excluding hydrogens is 357 g/mol. The number of rotatable bonds is 6. The Hall–Kier alpha value is -2.80. The van der Waals surface area contributed by atoms with Crippen LogP contribution in [0.2, 0.25) is 0 Å². The van der Waals surface area contributed by atoms with E-state index in [1.807, 2.05) is 0 Å². The molecule has 0 unspecified atom stereocenters. The van der Waals surface area contributed by atoms with Gasteiger partial charge in [-0.25, -0.2) is 13.2 Å². The second kappa shape index (κ2) is 7.84. The number of hydrogen-bond acceptors (Lipinski definition) is 2. The van der Waals surface area contributed by atoms with Gasteiger partial charge >= 0.3 is 0 Å². The molecule has 2 aromatic carbocycles. The Morgan fingerprint density at radius 3 is 2.48 bits per heavy atom. The first-order valence-corrected chi connectivity index (χ1v) is 8.51. The number of nitrogens with one attached hydrogen (secondary N) is 1. The summed E-state index contributed by atoms with van der Waals surface area (Å²) >= 11 is 0. The van der Waals surface area contributed by atoms with E-state index in [1.165, 1.54) is 35.2 Å². The molecule has 0 bridgehead atoms. The van der Waals surface area contributed by atoms with Crippen molar-refractivity contribution < 1.29 is 23.1 Å². The van der Waals surface area contributed by atoms with Gasteiger partial charge in [0.2, 0.25) is 5.91 Å². The highest BCUT2D eigenvalue weighted by Crippen LogP contribution is 2.33. The van der Waals surface area contributed by atoms with Crippen LogP contribution in [0.5, 0.6) is 0 Å². The van der Waals surface area contributed by atoms with Crippen LogP contribution in [0.4, 0.5) is 13.2 Å². The van der Waals surface area contributed by atoms with E-state index in [1.54, 1.807) is 7.05 Å². The number of aliphatic hydroxyl groups is 1. The zero-order valence-electron chi connectivity index (χ0n) is 14.7. The Bertz CT molecular complexity index is 968. The zero-order valence-corrected chi connectivity index (χ0v) is 14.7. The highest BCUT2D eigenvalue weighted by Gasteiger charge is 2.19. The molecule has 0 saturated heterocycles. The zero-order chi connectivity index (χ0) is 19.6. The monoisotopic (exact) mass is 376 g/mol. The Morgan fingerprint density at radius 1 is 1.11 bits per heavy atom. The minimum atomic E-state index is -0.733. The van der Waals surface area contributed by atoms with Crippen molar-refractivity contribution in [3.8, 4) is 11.3 Å². The van der Waals surface area contributed by atoms with E-state index < -0.39 is 17.5 Å². The van der Waals surface area contributed by atoms with E-state index in [-0.39, 0.29) is 37.4 Å². The lowest BCUT2D eigenvalue weighted by atomic mass is 10.0. The van der Waals surface area contributed by atoms with Crippen LogP contribution in [0, 0.1) is 17.5 Å². The third-order valence-electron chi connectivity index (χ3n) is 4.51. The summed E-state index contributed by atoms with van der Waals surface area (Å²) in [5.41, 5.74) is 1.85. The molecule has 0 radical (unpaired) electrons. The SMILES string of the molecule is CN(CCO)C(=O)CCc1c(-c2ccc(F)cc2)[nH]c2c(F)cc(F)cc12. The van der Waals surface area contributed by atoms with Crippen molar-refractivity contribution in [2.75, 3.05) is 20.2 Å². The summed E-state index contributed by atoms with van der Waals surface area (Å²) in [6, 6.07) is 7.65. The van der Waals surface area contributed by atoms with Gasteiger partial charge in [-0.15, -0.1) is 0 Å². The number of carbonyl (C=O) groups is 1. The van der Waals surface area contributed by atoms with Crippen LogP contribution in [0.1, 0.15) is 12.0 Å². The number of likely N-dealkylation sites (N-methyl/N-ethyl adjacent to an activating group) is 1. The summed E-state index contributed by atoms with van der Waals surface area (Å²) in [5, 5.41) is 9.29. The lowest BCUT2D eigenvalue weighted by Crippen LogP contribution is -2.29. The number of hydrogen-bond donors (Lipinski definition) is 2. The highest BCUT2D eigenvalue weighted by atomic mass is 19.1. The number of aliphatic hydroxyl groups excluding tert-OH is 1. The van der Waals surface area contributed by atoms with Gasteiger partial charge in [-0.2, -0.15) is 0 Å². The van der Waals surface area contributed by atoms with Crippen molar-refractivity contribution in [2.45, 2.75) is 12.8 Å². The minimum absolute atomic E-state index is 0.107. The van der Waals surface area contributed by atoms with Gasteiger partial charge in [0, 0.05) is 37.2 Å². The molecule has 1 amide bonds. The highest BCUT2D eigenvalue weighted by molar-refractivity contribution is 5.92. The molecule has 142 valence electrons. The predicted molar refractivity (Wildman–Crippen MR) is 96.7 cm³/mol. The number of H-pyrrole nitrogens is 1. The van der Waals surface area contributed by atoms with Gasteiger partial charge in [0.1, 0.15) is 17.5 Å². The maximum atomic E-state index is 14.2. The van der Waals surface area contributed by atoms with Crippen molar-refractivity contribution in [1.29, 1.82) is 0 Å². The molecule has 1 aromatic heterocycles. The summed E-state index contributed by atoms with van der Waals surface area (Å²) in [4.78, 5) is 16.5. The number of halogens is 3. The fourth-order valence-electron chi connectivity index (χ4n) is 3.09. The number of benzene rings is 2. The van der Waals surface area contributed by atoms with Crippen LogP contribution in [-0.2, 0) is 11.2 Å². The molecule has 0 saturated carbocycles. The molecule has 2 N–H and O–H groups in total. The van der Waals surface area contributed by atoms with Gasteiger partial charge < -0.3 is 15.0 Å². The Balaban J connectivity index is 2.03. The van der Waals surface area contributed by atoms with E-state index >= 15 is 0 Å². The van der Waals surface area contributed by atoms with Gasteiger partial charge in [0.05, 0.1) is 12.1 Å². The molecule has 4 nitrogen and oxygen atoms in total. The first-order chi connectivity index (χ1) is 12.9. The number of fused-ring (bicyclic) bond motifs is 1. The molecule has 3 rings (SSSR count). The van der Waals surface area contributed by atoms with Crippen molar-refractivity contribution in [3.05, 3.63) is 59.4 Å². The van der Waals surface area contributed by atoms with Crippen molar-refractivity contribution in [2.24, 2.45) is 0 Å². The average molecular weight is 376 g/mol. The Morgan fingerprint density at radius 2 is 1.81 bits per heavy atom. The molecule has 0 aliphatic carbocycles. The van der Waals surface area contributed by atoms with Gasteiger partial charge in [-0.1, -0.05) is 0 Å². The van der Waals surface area contributed by atoms with E-state index in [4.69, 9.17) is 5.11 Å². The largest absolute Gasteiger partial charge is 0.395 e. The van der Waals surface area contributed by atoms with Crippen LogP contribution in [0.15, 0.2) is 36.4 Å². The number of aromatic nitrogens is 1. The standard InChI is InChI=1S/C20H19F3N2O2/c1-25(8-9-26)18(27)7-6-15-16-10-14(22)11-17(23)20(16)24-19(15)12-2-4-13(21)5-3-12/h2-5,10-11,24,26H,6-9H2,1H3. The number of aromatic amines is 1. The summed E-state index contributed by atoms with van der Waals surface area (Å²) < 4.78 is 41.2. The first kappa shape index (κ1) is 19.0. The molecule has 3 aromatic rings. The molecular formula is C20H19F3N2O2. The molecule has 27 heavy (non-hydrogen) atoms. The fraction of sp³-hybridized carbons (Fsp3) is 0.250. The van der Waals surface area contributed by atoms with E-state index in [9.17, 15) is 18.0 Å². The van der Waals surface area contributed by atoms with Crippen LogP contribution in [0.25, 0.3) is 22.2 Å². The third-order valence-corrected chi connectivity index (χ3v) is 4.51. The quantitative estimate of drug-likeness (QED) is 0.690. The second-order valence-corrected chi connectivity index (χ2v) is 6.33. The van der Waals surface area contributed by atoms with E-state index in [0.717, 1.165) is 6.07 Å². The van der Waals surface area contributed by atoms with Crippen molar-refractivity contribution in [1.82, 2.24) is 9.88 Å². The van der Waals surface area contributed by atoms with Crippen LogP contribution in [-0.4, -0.2) is 41.1 Å². The Labute approximate surface area is 154 Å². The second-order valence-electron chi connectivity index (χ2n) is 6.33. The third kappa shape index (κ3) is 3.98. The lowest BCUT2D eigenvalue weighted by molar-refractivity contribution is -0.130. The van der Waals surface area contributed by atoms with Gasteiger partial charge in [0.25, 0.3) is 0 Å². The van der Waals surface area contributed by atoms with Crippen LogP contribution < -0.4 is 0 Å². The Kier molecular flexibility index (Phi) is 5.51. The number of aryl methyl sites for hydroxylation is 1. The smallest absolute Gasteiger partial charge is 0.222 e. The first-order valence-electron chi connectivity index (χ1n) is 8.51. The maximum Gasteiger partial charge on any atom is 0.222 e. The fourth-order valence-corrected chi connectivity index (χ4v) is 3.09. The summed E-state index contributed by atoms with van der Waals surface area (Å²) in [5.74, 6) is -2.05. The number of nitrogens with zero attached hydrogens (tertiary/aromatic N) is 1. The van der Waals surface area contributed by atoms with Gasteiger partial charge in [0.15, 0.2) is 0 Å². The molecule has 0 aliphatic rings. The minimum Gasteiger partial charge on any atom is -0.395 e. The van der Waals surface area contributed by atoms with Crippen LogP contribution >= 0.6 is 0 Å². The van der Waals surface area contributed by atoms with E-state index in [0.29, 0.717) is 22.2 Å². The number of carbonyl (C=O) groups excluding carboxylic acids is 1. The van der Waals surface area contributed by atoms with E-state index in [2.05, 4.69) is 4.98 Å². The van der Waals surface area contributed by atoms with Gasteiger partial charge in [-0.05, 0) is 47.9 Å². The molecule has 0 fully saturated rings. The summed E-state index contributed by atoms with van der Waals surface area (Å²) in [6.07, 6.45) is 0.347. The predicted octanol–water partition coefficient (Wildman–Crippen LogP) is 3.64. The number of amides is 1.